The van der Waals surface area contributed by atoms with Crippen LogP contribution < -0.4 is 0 Å². The number of esters is 1. The third-order valence-corrected chi connectivity index (χ3v) is 3.23. The molecule has 0 unspecified atom stereocenters. The minimum absolute atomic E-state index is 0.158. The van der Waals surface area contributed by atoms with Gasteiger partial charge in [-0.1, -0.05) is 0 Å². The Morgan fingerprint density at radius 1 is 1.60 bits per heavy atom. The van der Waals surface area contributed by atoms with E-state index in [1.165, 1.54) is 7.11 Å². The van der Waals surface area contributed by atoms with Gasteiger partial charge in [0.05, 0.1) is 23.2 Å². The quantitative estimate of drug-likeness (QED) is 0.742. The fourth-order valence-corrected chi connectivity index (χ4v) is 1.99. The van der Waals surface area contributed by atoms with Crippen molar-refractivity contribution in [2.45, 2.75) is 33.6 Å². The van der Waals surface area contributed by atoms with Crippen molar-refractivity contribution in [3.05, 3.63) is 16.1 Å². The Morgan fingerprint density at radius 3 is 2.73 bits per heavy atom. The van der Waals surface area contributed by atoms with E-state index in [2.05, 4.69) is 4.98 Å². The number of hydrogen-bond acceptors (Lipinski definition) is 4. The number of thiazole rings is 1. The summed E-state index contributed by atoms with van der Waals surface area (Å²) in [6.45, 7) is 5.79. The van der Waals surface area contributed by atoms with Gasteiger partial charge in [-0.3, -0.25) is 4.79 Å². The van der Waals surface area contributed by atoms with Crippen molar-refractivity contribution in [1.29, 1.82) is 0 Å². The van der Waals surface area contributed by atoms with E-state index in [4.69, 9.17) is 4.74 Å². The van der Waals surface area contributed by atoms with Crippen LogP contribution in [0.3, 0.4) is 0 Å². The Morgan fingerprint density at radius 2 is 2.27 bits per heavy atom. The number of nitrogens with zero attached hydrogens (tertiary/aromatic N) is 1. The molecule has 0 fully saturated rings. The first-order valence-corrected chi connectivity index (χ1v) is 5.83. The molecule has 0 bridgehead atoms. The van der Waals surface area contributed by atoms with Crippen LogP contribution in [0.15, 0.2) is 5.38 Å². The van der Waals surface area contributed by atoms with Gasteiger partial charge in [0.15, 0.2) is 0 Å². The molecule has 0 N–H and O–H groups in total. The van der Waals surface area contributed by atoms with E-state index in [1.54, 1.807) is 11.3 Å². The zero-order valence-electron chi connectivity index (χ0n) is 9.66. The smallest absolute Gasteiger partial charge is 0.311 e. The first-order chi connectivity index (χ1) is 6.95. The average Bonchev–Trinajstić information content (AvgIpc) is 2.60. The van der Waals surface area contributed by atoms with Crippen molar-refractivity contribution in [2.24, 2.45) is 5.41 Å². The van der Waals surface area contributed by atoms with Crippen LogP contribution in [0, 0.1) is 12.3 Å². The van der Waals surface area contributed by atoms with Gasteiger partial charge in [0.25, 0.3) is 0 Å². The van der Waals surface area contributed by atoms with Gasteiger partial charge in [-0.15, -0.1) is 11.3 Å². The first kappa shape index (κ1) is 12.2. The highest BCUT2D eigenvalue weighted by atomic mass is 32.1. The number of hydrogen-bond donors (Lipinski definition) is 0. The number of aromatic nitrogens is 1. The second kappa shape index (κ2) is 4.75. The highest BCUT2D eigenvalue weighted by Crippen LogP contribution is 2.24. The van der Waals surface area contributed by atoms with Crippen molar-refractivity contribution in [3.8, 4) is 0 Å². The topological polar surface area (TPSA) is 39.2 Å². The molecule has 0 aliphatic heterocycles. The van der Waals surface area contributed by atoms with Crippen molar-refractivity contribution >= 4 is 17.3 Å². The van der Waals surface area contributed by atoms with Crippen molar-refractivity contribution in [1.82, 2.24) is 4.98 Å². The fraction of sp³-hybridized carbons (Fsp3) is 0.636. The summed E-state index contributed by atoms with van der Waals surface area (Å²) in [5, 5.41) is 3.11. The molecule has 0 saturated heterocycles. The molecule has 0 aliphatic rings. The lowest BCUT2D eigenvalue weighted by molar-refractivity contribution is -0.151. The third kappa shape index (κ3) is 3.30. The second-order valence-corrected chi connectivity index (χ2v) is 5.30. The largest absolute Gasteiger partial charge is 0.469 e. The Bertz CT molecular complexity index is 344. The Labute approximate surface area is 94.5 Å². The molecule has 84 valence electrons. The van der Waals surface area contributed by atoms with Crippen molar-refractivity contribution in [2.75, 3.05) is 7.11 Å². The van der Waals surface area contributed by atoms with Crippen LogP contribution >= 0.6 is 11.3 Å². The van der Waals surface area contributed by atoms with E-state index < -0.39 is 5.41 Å². The lowest BCUT2D eigenvalue weighted by atomic mass is 9.87. The predicted octanol–water partition coefficient (Wildman–Crippen LogP) is 2.58. The van der Waals surface area contributed by atoms with E-state index in [-0.39, 0.29) is 5.97 Å². The molecule has 0 aromatic carbocycles. The van der Waals surface area contributed by atoms with Gasteiger partial charge >= 0.3 is 5.97 Å². The average molecular weight is 227 g/mol. The minimum Gasteiger partial charge on any atom is -0.469 e. The molecule has 0 atom stereocenters. The fourth-order valence-electron chi connectivity index (χ4n) is 1.34. The Balaban J connectivity index is 2.53. The highest BCUT2D eigenvalue weighted by molar-refractivity contribution is 7.09. The van der Waals surface area contributed by atoms with Crippen LogP contribution in [-0.4, -0.2) is 18.1 Å². The molecule has 0 spiro atoms. The van der Waals surface area contributed by atoms with E-state index in [0.717, 1.165) is 23.5 Å². The van der Waals surface area contributed by atoms with E-state index >= 15 is 0 Å². The van der Waals surface area contributed by atoms with Crippen LogP contribution in [0.1, 0.15) is 31.0 Å². The van der Waals surface area contributed by atoms with Gasteiger partial charge in [-0.25, -0.2) is 4.98 Å². The second-order valence-electron chi connectivity index (χ2n) is 4.23. The Hall–Kier alpha value is -0.900. The first-order valence-electron chi connectivity index (χ1n) is 4.95. The zero-order chi connectivity index (χ0) is 11.5. The molecular formula is C11H17NO2S. The molecule has 1 aromatic heterocycles. The zero-order valence-corrected chi connectivity index (χ0v) is 10.5. The summed E-state index contributed by atoms with van der Waals surface area (Å²) in [4.78, 5) is 15.8. The molecule has 3 nitrogen and oxygen atoms in total. The van der Waals surface area contributed by atoms with Crippen LogP contribution in [-0.2, 0) is 16.0 Å². The van der Waals surface area contributed by atoms with E-state index in [0.29, 0.717) is 0 Å². The maximum Gasteiger partial charge on any atom is 0.311 e. The summed E-state index contributed by atoms with van der Waals surface area (Å²) in [6.07, 6.45) is 1.59. The SMILES string of the molecule is COC(=O)C(C)(C)CCc1csc(C)n1. The van der Waals surface area contributed by atoms with Crippen LogP contribution in [0.5, 0.6) is 0 Å². The molecule has 0 saturated carbocycles. The number of rotatable bonds is 4. The van der Waals surface area contributed by atoms with Gasteiger partial charge in [-0.2, -0.15) is 0 Å². The lowest BCUT2D eigenvalue weighted by Gasteiger charge is -2.20. The predicted molar refractivity (Wildman–Crippen MR) is 61.0 cm³/mol. The molecule has 0 radical (unpaired) electrons. The van der Waals surface area contributed by atoms with Crippen molar-refractivity contribution < 1.29 is 9.53 Å². The monoisotopic (exact) mass is 227 g/mol. The number of methoxy groups -OCH3 is 1. The molecular weight excluding hydrogens is 210 g/mol. The van der Waals surface area contributed by atoms with Crippen LogP contribution in [0.4, 0.5) is 0 Å². The maximum absolute atomic E-state index is 11.4. The Kier molecular flexibility index (Phi) is 3.85. The van der Waals surface area contributed by atoms with Gasteiger partial charge < -0.3 is 4.74 Å². The molecule has 0 amide bonds. The summed E-state index contributed by atoms with van der Waals surface area (Å²) in [6, 6.07) is 0. The van der Waals surface area contributed by atoms with Gasteiger partial charge in [0.2, 0.25) is 0 Å². The van der Waals surface area contributed by atoms with Crippen LogP contribution in [0.2, 0.25) is 0 Å². The maximum atomic E-state index is 11.4. The van der Waals surface area contributed by atoms with Gasteiger partial charge in [0, 0.05) is 5.38 Å². The number of ether oxygens (including phenoxy) is 1. The molecule has 1 aromatic rings. The summed E-state index contributed by atoms with van der Waals surface area (Å²) < 4.78 is 4.75. The summed E-state index contributed by atoms with van der Waals surface area (Å²) in [7, 11) is 1.43. The number of carbonyl (C=O) groups is 1. The van der Waals surface area contributed by atoms with E-state index in [1.807, 2.05) is 26.2 Å². The third-order valence-electron chi connectivity index (χ3n) is 2.41. The van der Waals surface area contributed by atoms with Crippen molar-refractivity contribution in [3.63, 3.8) is 0 Å². The summed E-state index contributed by atoms with van der Waals surface area (Å²) in [5.74, 6) is -0.158. The van der Waals surface area contributed by atoms with E-state index in [9.17, 15) is 4.79 Å². The van der Waals surface area contributed by atoms with Crippen LogP contribution in [0.25, 0.3) is 0 Å². The standard InChI is InChI=1S/C11H17NO2S/c1-8-12-9(7-15-8)5-6-11(2,3)10(13)14-4/h7H,5-6H2,1-4H3. The lowest BCUT2D eigenvalue weighted by Crippen LogP contribution is -2.26. The molecule has 1 rings (SSSR count). The highest BCUT2D eigenvalue weighted by Gasteiger charge is 2.28. The molecule has 0 aliphatic carbocycles. The van der Waals surface area contributed by atoms with Gasteiger partial charge in [-0.05, 0) is 33.6 Å². The summed E-state index contributed by atoms with van der Waals surface area (Å²) in [5.41, 5.74) is 0.640. The molecule has 1 heterocycles. The number of carbonyl (C=O) groups excluding carboxylic acids is 1. The summed E-state index contributed by atoms with van der Waals surface area (Å²) >= 11 is 1.64. The van der Waals surface area contributed by atoms with Gasteiger partial charge in [0.1, 0.15) is 0 Å². The molecule has 15 heavy (non-hydrogen) atoms. The minimum atomic E-state index is -0.424. The molecule has 4 heteroatoms. The normalized spacial score (nSPS) is 11.5. The number of aryl methyl sites for hydroxylation is 2.